The van der Waals surface area contributed by atoms with Crippen molar-refractivity contribution in [3.8, 4) is 0 Å². The van der Waals surface area contributed by atoms with Crippen molar-refractivity contribution >= 4 is 12.3 Å². The van der Waals surface area contributed by atoms with Crippen molar-refractivity contribution < 1.29 is 9.59 Å². The van der Waals surface area contributed by atoms with Gasteiger partial charge in [-0.1, -0.05) is 0 Å². The molecule has 1 rings (SSSR count). The average Bonchev–Trinajstić information content (AvgIpc) is 2.14. The number of carbonyl (C=O) groups excluding carboxylic acids is 2. The largest absolute Gasteiger partial charge is 0.354 e. The fourth-order valence-corrected chi connectivity index (χ4v) is 0.858. The second-order valence-corrected chi connectivity index (χ2v) is 2.18. The quantitative estimate of drug-likeness (QED) is 0.502. The number of rotatable bonds is 1. The SMILES string of the molecule is O=[C]N1CCNC(=O)CC1. The van der Waals surface area contributed by atoms with Gasteiger partial charge in [0, 0.05) is 26.1 Å². The van der Waals surface area contributed by atoms with Crippen molar-refractivity contribution in [3.63, 3.8) is 0 Å². The van der Waals surface area contributed by atoms with E-state index in [2.05, 4.69) is 5.32 Å². The van der Waals surface area contributed by atoms with Gasteiger partial charge < -0.3 is 10.2 Å². The standard InChI is InChI=1S/C6H9N2O2/c9-5-8-3-1-6(10)7-2-4-8/h1-4H2,(H,7,10). The molecule has 0 unspecified atom stereocenters. The minimum absolute atomic E-state index is 0.0118. The maximum absolute atomic E-state index is 10.7. The van der Waals surface area contributed by atoms with Gasteiger partial charge in [-0.25, -0.2) is 0 Å². The Morgan fingerprint density at radius 1 is 1.50 bits per heavy atom. The van der Waals surface area contributed by atoms with Crippen molar-refractivity contribution in [2.24, 2.45) is 0 Å². The Morgan fingerprint density at radius 3 is 3.00 bits per heavy atom. The molecule has 0 aliphatic carbocycles. The molecule has 1 aliphatic heterocycles. The van der Waals surface area contributed by atoms with Crippen LogP contribution in [0.5, 0.6) is 0 Å². The molecule has 1 heterocycles. The zero-order valence-electron chi connectivity index (χ0n) is 5.59. The average molecular weight is 141 g/mol. The van der Waals surface area contributed by atoms with Gasteiger partial charge in [0.2, 0.25) is 5.91 Å². The first-order valence-corrected chi connectivity index (χ1v) is 3.22. The van der Waals surface area contributed by atoms with Crippen molar-refractivity contribution in [3.05, 3.63) is 0 Å². The van der Waals surface area contributed by atoms with Crippen molar-refractivity contribution in [2.45, 2.75) is 6.42 Å². The molecular weight excluding hydrogens is 132 g/mol. The third kappa shape index (κ3) is 1.72. The van der Waals surface area contributed by atoms with E-state index in [1.807, 2.05) is 0 Å². The van der Waals surface area contributed by atoms with E-state index in [1.54, 1.807) is 6.41 Å². The molecule has 0 saturated carbocycles. The molecule has 1 aliphatic rings. The number of hydrogen-bond donors (Lipinski definition) is 1. The lowest BCUT2D eigenvalue weighted by molar-refractivity contribution is -0.120. The summed E-state index contributed by atoms with van der Waals surface area (Å²) in [5.41, 5.74) is 0. The highest BCUT2D eigenvalue weighted by molar-refractivity contribution is 5.76. The summed E-state index contributed by atoms with van der Waals surface area (Å²) in [4.78, 5) is 22.2. The van der Waals surface area contributed by atoms with Crippen molar-refractivity contribution in [2.75, 3.05) is 19.6 Å². The predicted octanol–water partition coefficient (Wildman–Crippen LogP) is -1.12. The van der Waals surface area contributed by atoms with Gasteiger partial charge >= 0.3 is 6.41 Å². The maximum atomic E-state index is 10.7. The first kappa shape index (κ1) is 7.05. The van der Waals surface area contributed by atoms with E-state index in [0.717, 1.165) is 0 Å². The second kappa shape index (κ2) is 3.20. The molecule has 4 heteroatoms. The van der Waals surface area contributed by atoms with Gasteiger partial charge in [0.25, 0.3) is 0 Å². The van der Waals surface area contributed by atoms with E-state index < -0.39 is 0 Å². The van der Waals surface area contributed by atoms with Crippen LogP contribution in [0.3, 0.4) is 0 Å². The molecule has 1 N–H and O–H groups in total. The third-order valence-electron chi connectivity index (χ3n) is 1.44. The Bertz CT molecular complexity index is 147. The van der Waals surface area contributed by atoms with Gasteiger partial charge in [-0.15, -0.1) is 0 Å². The smallest absolute Gasteiger partial charge is 0.312 e. The van der Waals surface area contributed by atoms with Gasteiger partial charge in [0.1, 0.15) is 0 Å². The maximum Gasteiger partial charge on any atom is 0.312 e. The Morgan fingerprint density at radius 2 is 2.30 bits per heavy atom. The van der Waals surface area contributed by atoms with Crippen LogP contribution < -0.4 is 5.32 Å². The van der Waals surface area contributed by atoms with Crippen molar-refractivity contribution in [1.82, 2.24) is 10.2 Å². The first-order chi connectivity index (χ1) is 4.83. The summed E-state index contributed by atoms with van der Waals surface area (Å²) in [7, 11) is 0. The molecule has 0 aromatic carbocycles. The molecule has 55 valence electrons. The number of carbonyl (C=O) groups is 1. The normalized spacial score (nSPS) is 19.6. The van der Waals surface area contributed by atoms with Gasteiger partial charge in [-0.3, -0.25) is 9.59 Å². The molecule has 1 radical (unpaired) electrons. The van der Waals surface area contributed by atoms with E-state index in [9.17, 15) is 9.59 Å². The zero-order valence-corrected chi connectivity index (χ0v) is 5.59. The minimum Gasteiger partial charge on any atom is -0.354 e. The summed E-state index contributed by atoms with van der Waals surface area (Å²) in [6.07, 6.45) is 2.15. The first-order valence-electron chi connectivity index (χ1n) is 3.22. The molecular formula is C6H9N2O2. The molecule has 0 atom stereocenters. The molecule has 1 saturated heterocycles. The highest BCUT2D eigenvalue weighted by Gasteiger charge is 2.10. The Hall–Kier alpha value is -1.06. The van der Waals surface area contributed by atoms with E-state index in [0.29, 0.717) is 26.1 Å². The van der Waals surface area contributed by atoms with Gasteiger partial charge in [-0.2, -0.15) is 0 Å². The van der Waals surface area contributed by atoms with Crippen LogP contribution in [0.4, 0.5) is 0 Å². The fourth-order valence-electron chi connectivity index (χ4n) is 0.858. The van der Waals surface area contributed by atoms with Crippen LogP contribution in [0, 0.1) is 0 Å². The zero-order chi connectivity index (χ0) is 7.40. The molecule has 2 amide bonds. The van der Waals surface area contributed by atoms with E-state index in [1.165, 1.54) is 4.90 Å². The summed E-state index contributed by atoms with van der Waals surface area (Å²) < 4.78 is 0. The topological polar surface area (TPSA) is 49.4 Å². The van der Waals surface area contributed by atoms with E-state index in [-0.39, 0.29) is 5.91 Å². The van der Waals surface area contributed by atoms with E-state index in [4.69, 9.17) is 0 Å². The molecule has 4 nitrogen and oxygen atoms in total. The van der Waals surface area contributed by atoms with Crippen LogP contribution in [0.15, 0.2) is 0 Å². The summed E-state index contributed by atoms with van der Waals surface area (Å²) in [6, 6.07) is 0. The lowest BCUT2D eigenvalue weighted by atomic mass is 10.4. The number of nitrogens with zero attached hydrogens (tertiary/aromatic N) is 1. The number of hydrogen-bond acceptors (Lipinski definition) is 2. The number of nitrogens with one attached hydrogen (secondary N) is 1. The second-order valence-electron chi connectivity index (χ2n) is 2.18. The highest BCUT2D eigenvalue weighted by atomic mass is 16.2. The predicted molar refractivity (Wildman–Crippen MR) is 34.9 cm³/mol. The summed E-state index contributed by atoms with van der Waals surface area (Å²) in [6.45, 7) is 1.62. The highest BCUT2D eigenvalue weighted by Crippen LogP contribution is 1.91. The van der Waals surface area contributed by atoms with Crippen LogP contribution >= 0.6 is 0 Å². The fraction of sp³-hybridized carbons (Fsp3) is 0.667. The summed E-state index contributed by atoms with van der Waals surface area (Å²) in [5.74, 6) is 0.0118. The van der Waals surface area contributed by atoms with Crippen LogP contribution in [0.25, 0.3) is 0 Å². The van der Waals surface area contributed by atoms with Crippen LogP contribution in [0.2, 0.25) is 0 Å². The molecule has 1 fully saturated rings. The molecule has 10 heavy (non-hydrogen) atoms. The van der Waals surface area contributed by atoms with Crippen LogP contribution in [-0.4, -0.2) is 36.9 Å². The van der Waals surface area contributed by atoms with Gasteiger partial charge in [0.05, 0.1) is 0 Å². The lowest BCUT2D eigenvalue weighted by Gasteiger charge is -2.09. The monoisotopic (exact) mass is 141 g/mol. The lowest BCUT2D eigenvalue weighted by Crippen LogP contribution is -2.27. The van der Waals surface area contributed by atoms with Gasteiger partial charge in [0.15, 0.2) is 0 Å². The molecule has 0 aromatic rings. The van der Waals surface area contributed by atoms with Crippen LogP contribution in [0.1, 0.15) is 6.42 Å². The van der Waals surface area contributed by atoms with Crippen molar-refractivity contribution in [1.29, 1.82) is 0 Å². The molecule has 0 bridgehead atoms. The van der Waals surface area contributed by atoms with E-state index >= 15 is 0 Å². The molecule has 0 aromatic heterocycles. The summed E-state index contributed by atoms with van der Waals surface area (Å²) >= 11 is 0. The summed E-state index contributed by atoms with van der Waals surface area (Å²) in [5, 5.41) is 2.65. The number of amides is 2. The van der Waals surface area contributed by atoms with Crippen LogP contribution in [-0.2, 0) is 9.59 Å². The third-order valence-corrected chi connectivity index (χ3v) is 1.44. The Labute approximate surface area is 59.2 Å². The minimum atomic E-state index is 0.0118. The Kier molecular flexibility index (Phi) is 2.25. The molecule has 0 spiro atoms. The Balaban J connectivity index is 2.40. The van der Waals surface area contributed by atoms with Gasteiger partial charge in [-0.05, 0) is 0 Å².